The van der Waals surface area contributed by atoms with Crippen LogP contribution in [0.2, 0.25) is 0 Å². The average molecular weight is 261 g/mol. The lowest BCUT2D eigenvalue weighted by Gasteiger charge is -2.06. The summed E-state index contributed by atoms with van der Waals surface area (Å²) in [5.74, 6) is 6.57. The van der Waals surface area contributed by atoms with Crippen LogP contribution < -0.4 is 4.74 Å². The smallest absolute Gasteiger partial charge is 0.285 e. The molecule has 19 heavy (non-hydrogen) atoms. The van der Waals surface area contributed by atoms with E-state index in [1.165, 1.54) is 6.07 Å². The van der Waals surface area contributed by atoms with Crippen LogP contribution in [-0.4, -0.2) is 12.0 Å². The molecule has 1 rings (SSSR count). The van der Waals surface area contributed by atoms with Crippen molar-refractivity contribution >= 4 is 5.69 Å². The van der Waals surface area contributed by atoms with Crippen molar-refractivity contribution in [1.29, 1.82) is 0 Å². The van der Waals surface area contributed by atoms with Crippen molar-refractivity contribution in [3.8, 4) is 17.6 Å². The third-order valence-electron chi connectivity index (χ3n) is 2.93. The molecular formula is C15H19NO3. The Morgan fingerprint density at radius 3 is 2.68 bits per heavy atom. The van der Waals surface area contributed by atoms with Gasteiger partial charge in [-0.1, -0.05) is 31.6 Å². The van der Waals surface area contributed by atoms with Gasteiger partial charge in [0.2, 0.25) is 0 Å². The van der Waals surface area contributed by atoms with Gasteiger partial charge in [-0.3, -0.25) is 10.1 Å². The van der Waals surface area contributed by atoms with Crippen LogP contribution in [0.1, 0.15) is 43.7 Å². The van der Waals surface area contributed by atoms with Crippen LogP contribution in [-0.2, 0) is 0 Å². The van der Waals surface area contributed by atoms with E-state index in [0.717, 1.165) is 31.2 Å². The number of unbranched alkanes of at least 4 members (excludes halogenated alkanes) is 3. The molecule has 0 bridgehead atoms. The van der Waals surface area contributed by atoms with Crippen molar-refractivity contribution < 1.29 is 9.66 Å². The van der Waals surface area contributed by atoms with Gasteiger partial charge >= 0.3 is 0 Å². The van der Waals surface area contributed by atoms with Crippen molar-refractivity contribution in [2.45, 2.75) is 39.5 Å². The number of hydrogen-bond acceptors (Lipinski definition) is 3. The summed E-state index contributed by atoms with van der Waals surface area (Å²) in [5.41, 5.74) is 1.22. The first-order chi connectivity index (χ1) is 9.11. The molecule has 0 aliphatic carbocycles. The minimum Gasteiger partial charge on any atom is -0.496 e. The topological polar surface area (TPSA) is 52.4 Å². The quantitative estimate of drug-likeness (QED) is 0.350. The predicted octanol–water partition coefficient (Wildman–Crippen LogP) is 3.84. The molecule has 0 unspecified atom stereocenters. The maximum Gasteiger partial charge on any atom is 0.285 e. The van der Waals surface area contributed by atoms with Gasteiger partial charge < -0.3 is 4.74 Å². The molecule has 0 N–H and O–H groups in total. The zero-order chi connectivity index (χ0) is 14.3. The molecule has 4 heteroatoms. The number of nitro benzene ring substituents is 1. The lowest BCUT2D eigenvalue weighted by atomic mass is 10.1. The van der Waals surface area contributed by atoms with Gasteiger partial charge in [-0.05, 0) is 19.4 Å². The highest BCUT2D eigenvalue weighted by molar-refractivity contribution is 5.59. The fourth-order valence-electron chi connectivity index (χ4n) is 1.82. The van der Waals surface area contributed by atoms with Gasteiger partial charge in [0.15, 0.2) is 0 Å². The number of nitro groups is 1. The van der Waals surface area contributed by atoms with Crippen molar-refractivity contribution in [3.05, 3.63) is 33.4 Å². The summed E-state index contributed by atoms with van der Waals surface area (Å²) in [6.07, 6.45) is 4.07. The van der Waals surface area contributed by atoms with Gasteiger partial charge in [0.25, 0.3) is 5.69 Å². The maximum atomic E-state index is 11.0. The first-order valence-electron chi connectivity index (χ1n) is 6.42. The van der Waals surface area contributed by atoms with E-state index in [1.54, 1.807) is 20.1 Å². The molecule has 0 spiro atoms. The molecule has 0 amide bonds. The van der Waals surface area contributed by atoms with Crippen LogP contribution in [0, 0.1) is 28.9 Å². The number of nitrogens with zero attached hydrogens (tertiary/aromatic N) is 1. The highest BCUT2D eigenvalue weighted by Gasteiger charge is 2.17. The molecule has 0 radical (unpaired) electrons. The van der Waals surface area contributed by atoms with Gasteiger partial charge in [-0.25, -0.2) is 0 Å². The molecular weight excluding hydrogens is 242 g/mol. The number of benzene rings is 1. The van der Waals surface area contributed by atoms with Crippen LogP contribution in [0.3, 0.4) is 0 Å². The monoisotopic (exact) mass is 261 g/mol. The van der Waals surface area contributed by atoms with E-state index in [4.69, 9.17) is 4.74 Å². The lowest BCUT2D eigenvalue weighted by Crippen LogP contribution is -1.97. The molecule has 0 heterocycles. The third-order valence-corrected chi connectivity index (χ3v) is 2.93. The second-order valence-corrected chi connectivity index (χ2v) is 4.30. The molecule has 0 aliphatic rings. The molecule has 0 aromatic heterocycles. The van der Waals surface area contributed by atoms with Crippen LogP contribution in [0.25, 0.3) is 0 Å². The highest BCUT2D eigenvalue weighted by atomic mass is 16.6. The van der Waals surface area contributed by atoms with E-state index in [9.17, 15) is 10.1 Å². The molecule has 1 aromatic carbocycles. The SMILES string of the molecule is CCCCCC#Cc1c([N+](=O)[O-])ccc(OC)c1C. The lowest BCUT2D eigenvalue weighted by molar-refractivity contribution is -0.385. The van der Waals surface area contributed by atoms with Gasteiger partial charge in [0.1, 0.15) is 11.3 Å². The van der Waals surface area contributed by atoms with E-state index in [-0.39, 0.29) is 5.69 Å². The first-order valence-corrected chi connectivity index (χ1v) is 6.42. The maximum absolute atomic E-state index is 11.0. The summed E-state index contributed by atoms with van der Waals surface area (Å²) in [5, 5.41) is 11.0. The van der Waals surface area contributed by atoms with Gasteiger partial charge in [-0.2, -0.15) is 0 Å². The predicted molar refractivity (Wildman–Crippen MR) is 75.4 cm³/mol. The fourth-order valence-corrected chi connectivity index (χ4v) is 1.82. The van der Waals surface area contributed by atoms with Crippen LogP contribution in [0.4, 0.5) is 5.69 Å². The zero-order valence-corrected chi connectivity index (χ0v) is 11.7. The van der Waals surface area contributed by atoms with Crippen molar-refractivity contribution in [2.24, 2.45) is 0 Å². The van der Waals surface area contributed by atoms with Crippen molar-refractivity contribution in [2.75, 3.05) is 7.11 Å². The summed E-state index contributed by atoms with van der Waals surface area (Å²) in [6.45, 7) is 3.92. The molecule has 0 atom stereocenters. The van der Waals surface area contributed by atoms with Gasteiger partial charge in [-0.15, -0.1) is 0 Å². The van der Waals surface area contributed by atoms with E-state index in [1.807, 2.05) is 0 Å². The van der Waals surface area contributed by atoms with Gasteiger partial charge in [0, 0.05) is 18.1 Å². The number of methoxy groups -OCH3 is 1. The second-order valence-electron chi connectivity index (χ2n) is 4.30. The second kappa shape index (κ2) is 7.42. The minimum absolute atomic E-state index is 0.0429. The molecule has 1 aromatic rings. The summed E-state index contributed by atoms with van der Waals surface area (Å²) in [4.78, 5) is 10.6. The first kappa shape index (κ1) is 15.0. The minimum atomic E-state index is -0.400. The fraction of sp³-hybridized carbons (Fsp3) is 0.467. The van der Waals surface area contributed by atoms with Crippen LogP contribution in [0.15, 0.2) is 12.1 Å². The normalized spacial score (nSPS) is 9.63. The largest absolute Gasteiger partial charge is 0.496 e. The van der Waals surface area contributed by atoms with E-state index < -0.39 is 4.92 Å². The van der Waals surface area contributed by atoms with E-state index in [0.29, 0.717) is 11.3 Å². The summed E-state index contributed by atoms with van der Waals surface area (Å²) in [6, 6.07) is 3.05. The Hall–Kier alpha value is -2.02. The molecule has 4 nitrogen and oxygen atoms in total. The van der Waals surface area contributed by atoms with Crippen LogP contribution >= 0.6 is 0 Å². The number of rotatable bonds is 5. The Balaban J connectivity index is 3.04. The van der Waals surface area contributed by atoms with E-state index >= 15 is 0 Å². The summed E-state index contributed by atoms with van der Waals surface area (Å²) >= 11 is 0. The molecule has 0 fully saturated rings. The standard InChI is InChI=1S/C15H19NO3/c1-4-5-6-7-8-9-13-12(2)15(19-3)11-10-14(13)16(17)18/h10-11H,4-7H2,1-3H3. The summed E-state index contributed by atoms with van der Waals surface area (Å²) < 4.78 is 5.17. The van der Waals surface area contributed by atoms with Crippen LogP contribution in [0.5, 0.6) is 5.75 Å². The van der Waals surface area contributed by atoms with Crippen molar-refractivity contribution in [3.63, 3.8) is 0 Å². The Bertz CT molecular complexity index is 512. The zero-order valence-electron chi connectivity index (χ0n) is 11.7. The average Bonchev–Trinajstić information content (AvgIpc) is 2.39. The molecule has 0 aliphatic heterocycles. The Labute approximate surface area is 113 Å². The Kier molecular flexibility index (Phi) is 5.87. The summed E-state index contributed by atoms with van der Waals surface area (Å²) in [7, 11) is 1.55. The molecule has 102 valence electrons. The Morgan fingerprint density at radius 2 is 2.11 bits per heavy atom. The highest BCUT2D eigenvalue weighted by Crippen LogP contribution is 2.28. The number of hydrogen-bond donors (Lipinski definition) is 0. The number of ether oxygens (including phenoxy) is 1. The molecule has 0 saturated carbocycles. The third kappa shape index (κ3) is 3.99. The van der Waals surface area contributed by atoms with Crippen molar-refractivity contribution in [1.82, 2.24) is 0 Å². The molecule has 0 saturated heterocycles. The van der Waals surface area contributed by atoms with Gasteiger partial charge in [0.05, 0.1) is 12.0 Å². The van der Waals surface area contributed by atoms with E-state index in [2.05, 4.69) is 18.8 Å². The Morgan fingerprint density at radius 1 is 1.37 bits per heavy atom.